The lowest BCUT2D eigenvalue weighted by atomic mass is 10.1. The van der Waals surface area contributed by atoms with E-state index in [4.69, 9.17) is 26.8 Å². The number of halogens is 2. The lowest BCUT2D eigenvalue weighted by molar-refractivity contribution is 0.295. The largest absolute Gasteiger partial charge is 0.497 e. The zero-order valence-corrected chi connectivity index (χ0v) is 12.7. The molecule has 2 aromatic carbocycles. The predicted octanol–water partition coefficient (Wildman–Crippen LogP) is 4.09. The lowest BCUT2D eigenvalue weighted by Gasteiger charge is -2.15. The van der Waals surface area contributed by atoms with Gasteiger partial charge in [-0.25, -0.2) is 4.39 Å². The Balaban J connectivity index is 2.16. The van der Waals surface area contributed by atoms with E-state index in [9.17, 15) is 4.39 Å². The first-order valence-electron chi connectivity index (χ1n) is 6.51. The Morgan fingerprint density at radius 2 is 2.00 bits per heavy atom. The van der Waals surface area contributed by atoms with Crippen LogP contribution < -0.4 is 15.2 Å². The number of rotatable bonds is 5. The highest BCUT2D eigenvalue weighted by Crippen LogP contribution is 2.28. The number of hydrogen-bond donors (Lipinski definition) is 1. The summed E-state index contributed by atoms with van der Waals surface area (Å²) in [7, 11) is 1.49. The zero-order chi connectivity index (χ0) is 15.4. The third-order valence-corrected chi connectivity index (χ3v) is 3.34. The molecule has 2 aromatic rings. The van der Waals surface area contributed by atoms with E-state index in [0.717, 1.165) is 5.56 Å². The first-order valence-corrected chi connectivity index (χ1v) is 6.89. The van der Waals surface area contributed by atoms with Gasteiger partial charge in [-0.15, -0.1) is 0 Å². The van der Waals surface area contributed by atoms with Crippen molar-refractivity contribution in [2.45, 2.75) is 19.6 Å². The summed E-state index contributed by atoms with van der Waals surface area (Å²) in [6.07, 6.45) is 0. The summed E-state index contributed by atoms with van der Waals surface area (Å²) in [5, 5.41) is 0.588. The molecular weight excluding hydrogens is 293 g/mol. The van der Waals surface area contributed by atoms with Crippen LogP contribution in [0.1, 0.15) is 24.1 Å². The molecule has 0 aliphatic heterocycles. The van der Waals surface area contributed by atoms with E-state index in [1.54, 1.807) is 30.3 Å². The Bertz CT molecular complexity index is 632. The van der Waals surface area contributed by atoms with Crippen LogP contribution in [0.25, 0.3) is 0 Å². The van der Waals surface area contributed by atoms with Crippen molar-refractivity contribution in [1.29, 1.82) is 0 Å². The maximum absolute atomic E-state index is 13.9. The molecular formula is C16H17ClFNO2. The third kappa shape index (κ3) is 3.86. The number of benzene rings is 2. The summed E-state index contributed by atoms with van der Waals surface area (Å²) in [4.78, 5) is 0. The van der Waals surface area contributed by atoms with Gasteiger partial charge in [0, 0.05) is 28.3 Å². The van der Waals surface area contributed by atoms with Gasteiger partial charge in [0.1, 0.15) is 23.9 Å². The number of hydrogen-bond acceptors (Lipinski definition) is 3. The molecule has 3 nitrogen and oxygen atoms in total. The van der Waals surface area contributed by atoms with Gasteiger partial charge in [-0.05, 0) is 37.3 Å². The zero-order valence-electron chi connectivity index (χ0n) is 11.9. The Morgan fingerprint density at radius 1 is 1.24 bits per heavy atom. The number of ether oxygens (including phenoxy) is 2. The van der Waals surface area contributed by atoms with E-state index in [-0.39, 0.29) is 18.5 Å². The van der Waals surface area contributed by atoms with Crippen molar-refractivity contribution < 1.29 is 13.9 Å². The van der Waals surface area contributed by atoms with Gasteiger partial charge in [0.05, 0.1) is 7.11 Å². The second kappa shape index (κ2) is 6.78. The molecule has 0 bridgehead atoms. The predicted molar refractivity (Wildman–Crippen MR) is 81.3 cm³/mol. The molecule has 2 N–H and O–H groups in total. The summed E-state index contributed by atoms with van der Waals surface area (Å²) in [6, 6.07) is 9.64. The van der Waals surface area contributed by atoms with Gasteiger partial charge in [0.15, 0.2) is 0 Å². The van der Waals surface area contributed by atoms with E-state index in [0.29, 0.717) is 22.1 Å². The molecule has 5 heteroatoms. The fraction of sp³-hybridized carbons (Fsp3) is 0.250. The minimum absolute atomic E-state index is 0.108. The van der Waals surface area contributed by atoms with Crippen molar-refractivity contribution in [3.63, 3.8) is 0 Å². The molecule has 1 atom stereocenters. The first kappa shape index (κ1) is 15.6. The van der Waals surface area contributed by atoms with Crippen molar-refractivity contribution in [2.75, 3.05) is 7.11 Å². The van der Waals surface area contributed by atoms with E-state index in [1.165, 1.54) is 13.2 Å². The number of nitrogens with two attached hydrogens (primary N) is 1. The van der Waals surface area contributed by atoms with Gasteiger partial charge in [0.25, 0.3) is 0 Å². The molecule has 0 radical (unpaired) electrons. The van der Waals surface area contributed by atoms with Crippen LogP contribution in [-0.4, -0.2) is 7.11 Å². The van der Waals surface area contributed by atoms with Gasteiger partial charge >= 0.3 is 0 Å². The SMILES string of the molecule is COc1ccc(COc2ccc(Cl)cc2C(C)N)c(F)c1. The summed E-state index contributed by atoms with van der Waals surface area (Å²) in [6.45, 7) is 1.95. The summed E-state index contributed by atoms with van der Waals surface area (Å²) in [5.41, 5.74) is 7.12. The van der Waals surface area contributed by atoms with Gasteiger partial charge in [-0.2, -0.15) is 0 Å². The third-order valence-electron chi connectivity index (χ3n) is 3.11. The van der Waals surface area contributed by atoms with Crippen molar-refractivity contribution in [2.24, 2.45) is 5.73 Å². The monoisotopic (exact) mass is 309 g/mol. The van der Waals surface area contributed by atoms with Crippen molar-refractivity contribution in [1.82, 2.24) is 0 Å². The van der Waals surface area contributed by atoms with E-state index >= 15 is 0 Å². The molecule has 0 saturated heterocycles. The smallest absolute Gasteiger partial charge is 0.133 e. The Labute approximate surface area is 128 Å². The fourth-order valence-electron chi connectivity index (χ4n) is 1.93. The molecule has 1 unspecified atom stereocenters. The van der Waals surface area contributed by atoms with Crippen LogP contribution in [0.3, 0.4) is 0 Å². The lowest BCUT2D eigenvalue weighted by Crippen LogP contribution is -2.08. The van der Waals surface area contributed by atoms with Crippen LogP contribution in [-0.2, 0) is 6.61 Å². The van der Waals surface area contributed by atoms with Crippen molar-refractivity contribution in [3.05, 3.63) is 58.4 Å². The van der Waals surface area contributed by atoms with Crippen LogP contribution >= 0.6 is 11.6 Å². The standard InChI is InChI=1S/C16H17ClFNO2/c1-10(19)14-7-12(17)4-6-16(14)21-9-11-3-5-13(20-2)8-15(11)18/h3-8,10H,9,19H2,1-2H3. The Kier molecular flexibility index (Phi) is 5.04. The molecule has 112 valence electrons. The van der Waals surface area contributed by atoms with Gasteiger partial charge in [-0.1, -0.05) is 11.6 Å². The minimum atomic E-state index is -0.370. The van der Waals surface area contributed by atoms with E-state index in [2.05, 4.69) is 0 Å². The normalized spacial score (nSPS) is 12.0. The summed E-state index contributed by atoms with van der Waals surface area (Å²) < 4.78 is 24.5. The highest BCUT2D eigenvalue weighted by Gasteiger charge is 2.11. The van der Waals surface area contributed by atoms with Gasteiger partial charge in [-0.3, -0.25) is 0 Å². The average molecular weight is 310 g/mol. The van der Waals surface area contributed by atoms with Crippen LogP contribution in [0, 0.1) is 5.82 Å². The second-order valence-corrected chi connectivity index (χ2v) is 5.15. The average Bonchev–Trinajstić information content (AvgIpc) is 2.46. The molecule has 0 spiro atoms. The first-order chi connectivity index (χ1) is 10.0. The quantitative estimate of drug-likeness (QED) is 0.905. The molecule has 0 aromatic heterocycles. The molecule has 0 aliphatic carbocycles. The molecule has 2 rings (SSSR count). The van der Waals surface area contributed by atoms with Crippen molar-refractivity contribution in [3.8, 4) is 11.5 Å². The number of methoxy groups -OCH3 is 1. The Hall–Kier alpha value is -1.78. The van der Waals surface area contributed by atoms with E-state index < -0.39 is 0 Å². The molecule has 0 aliphatic rings. The fourth-order valence-corrected chi connectivity index (χ4v) is 2.11. The molecule has 0 heterocycles. The van der Waals surface area contributed by atoms with Gasteiger partial charge in [0.2, 0.25) is 0 Å². The highest BCUT2D eigenvalue weighted by molar-refractivity contribution is 6.30. The summed E-state index contributed by atoms with van der Waals surface area (Å²) >= 11 is 5.95. The highest BCUT2D eigenvalue weighted by atomic mass is 35.5. The van der Waals surface area contributed by atoms with E-state index in [1.807, 2.05) is 6.92 Å². The van der Waals surface area contributed by atoms with Crippen LogP contribution in [0.4, 0.5) is 4.39 Å². The maximum Gasteiger partial charge on any atom is 0.133 e. The van der Waals surface area contributed by atoms with Crippen LogP contribution in [0.2, 0.25) is 5.02 Å². The van der Waals surface area contributed by atoms with Gasteiger partial charge < -0.3 is 15.2 Å². The topological polar surface area (TPSA) is 44.5 Å². The molecule has 0 amide bonds. The van der Waals surface area contributed by atoms with Crippen molar-refractivity contribution >= 4 is 11.6 Å². The Morgan fingerprint density at radius 3 is 2.62 bits per heavy atom. The summed E-state index contributed by atoms with van der Waals surface area (Å²) in [5.74, 6) is 0.703. The maximum atomic E-state index is 13.9. The minimum Gasteiger partial charge on any atom is -0.497 e. The van der Waals surface area contributed by atoms with Crippen LogP contribution in [0.15, 0.2) is 36.4 Å². The molecule has 21 heavy (non-hydrogen) atoms. The van der Waals surface area contributed by atoms with Crippen LogP contribution in [0.5, 0.6) is 11.5 Å². The molecule has 0 saturated carbocycles. The second-order valence-electron chi connectivity index (χ2n) is 4.72. The molecule has 0 fully saturated rings.